The maximum absolute atomic E-state index is 5.80. The number of nitrogens with zero attached hydrogens (tertiary/aromatic N) is 2. The Morgan fingerprint density at radius 3 is 2.67 bits per heavy atom. The molecule has 0 saturated heterocycles. The number of nitrogens with one attached hydrogen (secondary N) is 1. The second kappa shape index (κ2) is 6.12. The van der Waals surface area contributed by atoms with Crippen LogP contribution in [0.2, 0.25) is 0 Å². The zero-order valence-electron chi connectivity index (χ0n) is 10.5. The Kier molecular flexibility index (Phi) is 4.25. The zero-order chi connectivity index (χ0) is 12.8. The summed E-state index contributed by atoms with van der Waals surface area (Å²) in [5, 5.41) is 3.34. The lowest BCUT2D eigenvalue weighted by Crippen LogP contribution is -2.31. The van der Waals surface area contributed by atoms with E-state index in [4.69, 9.17) is 5.73 Å². The van der Waals surface area contributed by atoms with Gasteiger partial charge in [0.05, 0.1) is 0 Å². The standard InChI is InChI=1S/C14H18N4/c1-11-16-8-7-14(17-11)18-13(10-15)9-12-5-3-2-4-6-12/h2-8,13H,9-10,15H2,1H3,(H,16,17,18). The van der Waals surface area contributed by atoms with Crippen LogP contribution in [0.4, 0.5) is 5.82 Å². The quantitative estimate of drug-likeness (QED) is 0.838. The van der Waals surface area contributed by atoms with E-state index >= 15 is 0 Å². The molecule has 1 aromatic carbocycles. The fourth-order valence-corrected chi connectivity index (χ4v) is 1.84. The van der Waals surface area contributed by atoms with Gasteiger partial charge in [-0.3, -0.25) is 0 Å². The van der Waals surface area contributed by atoms with Gasteiger partial charge in [0.25, 0.3) is 0 Å². The van der Waals surface area contributed by atoms with Crippen molar-refractivity contribution in [2.24, 2.45) is 5.73 Å². The second-order valence-corrected chi connectivity index (χ2v) is 4.26. The van der Waals surface area contributed by atoms with Gasteiger partial charge in [0, 0.05) is 18.8 Å². The van der Waals surface area contributed by atoms with E-state index in [9.17, 15) is 0 Å². The van der Waals surface area contributed by atoms with Crippen LogP contribution >= 0.6 is 0 Å². The van der Waals surface area contributed by atoms with E-state index in [0.717, 1.165) is 18.1 Å². The summed E-state index contributed by atoms with van der Waals surface area (Å²) in [6.07, 6.45) is 2.64. The maximum Gasteiger partial charge on any atom is 0.129 e. The average Bonchev–Trinajstić information content (AvgIpc) is 2.39. The average molecular weight is 242 g/mol. The molecule has 0 bridgehead atoms. The molecule has 0 spiro atoms. The molecule has 18 heavy (non-hydrogen) atoms. The van der Waals surface area contributed by atoms with Gasteiger partial charge < -0.3 is 11.1 Å². The van der Waals surface area contributed by atoms with E-state index in [-0.39, 0.29) is 6.04 Å². The van der Waals surface area contributed by atoms with Crippen LogP contribution in [-0.4, -0.2) is 22.6 Å². The van der Waals surface area contributed by atoms with Crippen molar-refractivity contribution in [3.05, 3.63) is 54.0 Å². The predicted molar refractivity (Wildman–Crippen MR) is 73.4 cm³/mol. The van der Waals surface area contributed by atoms with Crippen molar-refractivity contribution in [3.63, 3.8) is 0 Å². The van der Waals surface area contributed by atoms with E-state index in [2.05, 4.69) is 27.4 Å². The first kappa shape index (κ1) is 12.5. The number of rotatable bonds is 5. The molecular formula is C14H18N4. The smallest absolute Gasteiger partial charge is 0.129 e. The molecule has 1 atom stereocenters. The van der Waals surface area contributed by atoms with Crippen molar-refractivity contribution >= 4 is 5.82 Å². The highest BCUT2D eigenvalue weighted by molar-refractivity contribution is 5.35. The summed E-state index contributed by atoms with van der Waals surface area (Å²) in [5.41, 5.74) is 7.07. The lowest BCUT2D eigenvalue weighted by atomic mass is 10.1. The maximum atomic E-state index is 5.80. The Bertz CT molecular complexity index is 484. The summed E-state index contributed by atoms with van der Waals surface area (Å²) in [6.45, 7) is 2.44. The fraction of sp³-hybridized carbons (Fsp3) is 0.286. The van der Waals surface area contributed by atoms with E-state index in [1.165, 1.54) is 5.56 Å². The van der Waals surface area contributed by atoms with E-state index in [0.29, 0.717) is 6.54 Å². The molecule has 1 aromatic heterocycles. The summed E-state index contributed by atoms with van der Waals surface area (Å²) in [6, 6.07) is 12.4. The number of aromatic nitrogens is 2. The summed E-state index contributed by atoms with van der Waals surface area (Å²) in [4.78, 5) is 8.40. The molecule has 0 saturated carbocycles. The molecule has 4 heteroatoms. The molecule has 4 nitrogen and oxygen atoms in total. The van der Waals surface area contributed by atoms with Crippen molar-refractivity contribution in [3.8, 4) is 0 Å². The molecule has 0 aliphatic rings. The lowest BCUT2D eigenvalue weighted by Gasteiger charge is -2.17. The number of hydrogen-bond donors (Lipinski definition) is 2. The summed E-state index contributed by atoms with van der Waals surface area (Å²) < 4.78 is 0. The van der Waals surface area contributed by atoms with Crippen molar-refractivity contribution in [1.29, 1.82) is 0 Å². The monoisotopic (exact) mass is 242 g/mol. The number of hydrogen-bond acceptors (Lipinski definition) is 4. The molecule has 2 rings (SSSR count). The number of aryl methyl sites for hydroxylation is 1. The number of nitrogens with two attached hydrogens (primary N) is 1. The van der Waals surface area contributed by atoms with Crippen molar-refractivity contribution < 1.29 is 0 Å². The van der Waals surface area contributed by atoms with Gasteiger partial charge in [0.2, 0.25) is 0 Å². The van der Waals surface area contributed by atoms with E-state index in [1.54, 1.807) is 6.20 Å². The summed E-state index contributed by atoms with van der Waals surface area (Å²) in [5.74, 6) is 1.59. The highest BCUT2D eigenvalue weighted by Gasteiger charge is 2.08. The van der Waals surface area contributed by atoms with E-state index < -0.39 is 0 Å². The van der Waals surface area contributed by atoms with Gasteiger partial charge in [-0.25, -0.2) is 9.97 Å². The first-order valence-corrected chi connectivity index (χ1v) is 6.08. The van der Waals surface area contributed by atoms with Gasteiger partial charge in [-0.2, -0.15) is 0 Å². The Labute approximate surface area is 107 Å². The molecule has 2 aromatic rings. The van der Waals surface area contributed by atoms with Gasteiger partial charge in [0.1, 0.15) is 11.6 Å². The molecule has 1 heterocycles. The minimum absolute atomic E-state index is 0.182. The number of anilines is 1. The fourth-order valence-electron chi connectivity index (χ4n) is 1.84. The van der Waals surface area contributed by atoms with Crippen LogP contribution in [0.1, 0.15) is 11.4 Å². The molecule has 0 aliphatic carbocycles. The highest BCUT2D eigenvalue weighted by atomic mass is 15.0. The van der Waals surface area contributed by atoms with Crippen LogP contribution in [0, 0.1) is 6.92 Å². The third kappa shape index (κ3) is 3.53. The zero-order valence-corrected chi connectivity index (χ0v) is 10.5. The van der Waals surface area contributed by atoms with Gasteiger partial charge >= 0.3 is 0 Å². The Morgan fingerprint density at radius 2 is 2.00 bits per heavy atom. The molecular weight excluding hydrogens is 224 g/mol. The van der Waals surface area contributed by atoms with Gasteiger partial charge in [-0.1, -0.05) is 30.3 Å². The van der Waals surface area contributed by atoms with Crippen LogP contribution in [0.15, 0.2) is 42.6 Å². The third-order valence-electron chi connectivity index (χ3n) is 2.74. The lowest BCUT2D eigenvalue weighted by molar-refractivity contribution is 0.718. The highest BCUT2D eigenvalue weighted by Crippen LogP contribution is 2.08. The van der Waals surface area contributed by atoms with Crippen molar-refractivity contribution in [2.45, 2.75) is 19.4 Å². The molecule has 0 radical (unpaired) electrons. The molecule has 94 valence electrons. The molecule has 0 fully saturated rings. The molecule has 1 unspecified atom stereocenters. The van der Waals surface area contributed by atoms with Crippen molar-refractivity contribution in [1.82, 2.24) is 9.97 Å². The van der Waals surface area contributed by atoms with Gasteiger partial charge in [-0.05, 0) is 25.0 Å². The van der Waals surface area contributed by atoms with Crippen LogP contribution < -0.4 is 11.1 Å². The molecule has 0 aliphatic heterocycles. The SMILES string of the molecule is Cc1nccc(NC(CN)Cc2ccccc2)n1. The third-order valence-corrected chi connectivity index (χ3v) is 2.74. The largest absolute Gasteiger partial charge is 0.366 e. The van der Waals surface area contributed by atoms with E-state index in [1.807, 2.05) is 31.2 Å². The Hall–Kier alpha value is -1.94. The predicted octanol–water partition coefficient (Wildman–Crippen LogP) is 1.77. The van der Waals surface area contributed by atoms with Crippen LogP contribution in [0.5, 0.6) is 0 Å². The summed E-state index contributed by atoms with van der Waals surface area (Å²) >= 11 is 0. The Morgan fingerprint density at radius 1 is 1.22 bits per heavy atom. The molecule has 0 amide bonds. The second-order valence-electron chi connectivity index (χ2n) is 4.26. The minimum atomic E-state index is 0.182. The van der Waals surface area contributed by atoms with Gasteiger partial charge in [-0.15, -0.1) is 0 Å². The first-order chi connectivity index (χ1) is 8.78. The van der Waals surface area contributed by atoms with Crippen LogP contribution in [0.3, 0.4) is 0 Å². The van der Waals surface area contributed by atoms with Crippen LogP contribution in [-0.2, 0) is 6.42 Å². The minimum Gasteiger partial charge on any atom is -0.366 e. The topological polar surface area (TPSA) is 63.8 Å². The normalized spacial score (nSPS) is 12.1. The summed E-state index contributed by atoms with van der Waals surface area (Å²) in [7, 11) is 0. The first-order valence-electron chi connectivity index (χ1n) is 6.08. The number of benzene rings is 1. The molecule has 3 N–H and O–H groups in total. The van der Waals surface area contributed by atoms with Crippen LogP contribution in [0.25, 0.3) is 0 Å². The van der Waals surface area contributed by atoms with Crippen molar-refractivity contribution in [2.75, 3.05) is 11.9 Å². The van der Waals surface area contributed by atoms with Gasteiger partial charge in [0.15, 0.2) is 0 Å². The Balaban J connectivity index is 2.01.